The Morgan fingerprint density at radius 1 is 1.50 bits per heavy atom. The first kappa shape index (κ1) is 12.5. The van der Waals surface area contributed by atoms with E-state index in [9.17, 15) is 4.39 Å². The third kappa shape index (κ3) is 2.53. The SMILES string of the molecule is C#Cc1c(Cl)ccc(N=C(C)N(C)C)c1F. The molecule has 0 N–H and O–H groups in total. The standard InChI is InChI=1S/C12H12ClFN2/c1-5-9-10(13)6-7-11(12(9)14)15-8(2)16(3)4/h1,6-7H,2-4H3. The normalized spacial score (nSPS) is 11.1. The molecular formula is C12H12ClFN2. The fourth-order valence-electron chi connectivity index (χ4n) is 1.03. The highest BCUT2D eigenvalue weighted by molar-refractivity contribution is 6.31. The van der Waals surface area contributed by atoms with E-state index in [2.05, 4.69) is 10.9 Å². The van der Waals surface area contributed by atoms with Gasteiger partial charge in [-0.15, -0.1) is 6.42 Å². The zero-order chi connectivity index (χ0) is 12.3. The number of amidine groups is 1. The van der Waals surface area contributed by atoms with E-state index in [1.54, 1.807) is 17.9 Å². The van der Waals surface area contributed by atoms with Crippen LogP contribution >= 0.6 is 11.6 Å². The molecule has 0 radical (unpaired) electrons. The van der Waals surface area contributed by atoms with Gasteiger partial charge in [-0.3, -0.25) is 0 Å². The number of rotatable bonds is 1. The smallest absolute Gasteiger partial charge is 0.165 e. The largest absolute Gasteiger partial charge is 0.366 e. The molecule has 0 unspecified atom stereocenters. The van der Waals surface area contributed by atoms with Gasteiger partial charge in [-0.25, -0.2) is 9.38 Å². The summed E-state index contributed by atoms with van der Waals surface area (Å²) >= 11 is 5.76. The number of hydrogen-bond acceptors (Lipinski definition) is 1. The molecular weight excluding hydrogens is 227 g/mol. The molecule has 84 valence electrons. The highest BCUT2D eigenvalue weighted by atomic mass is 35.5. The van der Waals surface area contributed by atoms with Crippen molar-refractivity contribution in [3.8, 4) is 12.3 Å². The molecule has 1 aromatic carbocycles. The van der Waals surface area contributed by atoms with Crippen molar-refractivity contribution in [2.24, 2.45) is 4.99 Å². The van der Waals surface area contributed by atoms with E-state index in [1.165, 1.54) is 6.07 Å². The van der Waals surface area contributed by atoms with Gasteiger partial charge in [0.15, 0.2) is 5.82 Å². The molecule has 0 bridgehead atoms. The van der Waals surface area contributed by atoms with Gasteiger partial charge < -0.3 is 4.90 Å². The van der Waals surface area contributed by atoms with Gasteiger partial charge in [0, 0.05) is 14.1 Å². The van der Waals surface area contributed by atoms with Gasteiger partial charge in [-0.1, -0.05) is 17.5 Å². The predicted octanol–water partition coefficient (Wildman–Crippen LogP) is 3.07. The molecule has 0 spiro atoms. The molecule has 0 aliphatic rings. The van der Waals surface area contributed by atoms with Gasteiger partial charge in [0.2, 0.25) is 0 Å². The van der Waals surface area contributed by atoms with Crippen LogP contribution in [0.3, 0.4) is 0 Å². The fourth-order valence-corrected chi connectivity index (χ4v) is 1.23. The van der Waals surface area contributed by atoms with Gasteiger partial charge in [0.1, 0.15) is 11.5 Å². The number of terminal acetylenes is 1. The van der Waals surface area contributed by atoms with Crippen molar-refractivity contribution < 1.29 is 4.39 Å². The van der Waals surface area contributed by atoms with E-state index in [-0.39, 0.29) is 16.3 Å². The van der Waals surface area contributed by atoms with Crippen LogP contribution in [0.2, 0.25) is 5.02 Å². The average molecular weight is 239 g/mol. The Hall–Kier alpha value is -1.53. The summed E-state index contributed by atoms with van der Waals surface area (Å²) in [5.74, 6) is 2.34. The maximum atomic E-state index is 13.8. The van der Waals surface area contributed by atoms with Crippen molar-refractivity contribution in [3.63, 3.8) is 0 Å². The van der Waals surface area contributed by atoms with E-state index in [0.29, 0.717) is 5.84 Å². The van der Waals surface area contributed by atoms with Crippen LogP contribution in [0.1, 0.15) is 12.5 Å². The van der Waals surface area contributed by atoms with Crippen LogP contribution in [0.15, 0.2) is 17.1 Å². The fraction of sp³-hybridized carbons (Fsp3) is 0.250. The maximum Gasteiger partial charge on any atom is 0.165 e. The van der Waals surface area contributed by atoms with Crippen LogP contribution in [0.5, 0.6) is 0 Å². The average Bonchev–Trinajstić information content (AvgIpc) is 2.22. The van der Waals surface area contributed by atoms with Crippen molar-refractivity contribution in [3.05, 3.63) is 28.5 Å². The number of hydrogen-bond donors (Lipinski definition) is 0. The van der Waals surface area contributed by atoms with Gasteiger partial charge in [0.05, 0.1) is 10.6 Å². The summed E-state index contributed by atoms with van der Waals surface area (Å²) in [7, 11) is 3.66. The summed E-state index contributed by atoms with van der Waals surface area (Å²) in [4.78, 5) is 5.90. The third-order valence-electron chi connectivity index (χ3n) is 2.14. The molecule has 0 aromatic heterocycles. The summed E-state index contributed by atoms with van der Waals surface area (Å²) < 4.78 is 13.8. The predicted molar refractivity (Wildman–Crippen MR) is 65.8 cm³/mol. The number of nitrogens with zero attached hydrogens (tertiary/aromatic N) is 2. The first-order valence-corrected chi connectivity index (χ1v) is 5.02. The number of benzene rings is 1. The zero-order valence-corrected chi connectivity index (χ0v) is 10.1. The minimum atomic E-state index is -0.559. The molecule has 4 heteroatoms. The molecule has 0 heterocycles. The minimum Gasteiger partial charge on any atom is -0.366 e. The molecule has 2 nitrogen and oxygen atoms in total. The Morgan fingerprint density at radius 3 is 2.62 bits per heavy atom. The maximum absolute atomic E-state index is 13.8. The van der Waals surface area contributed by atoms with Crippen molar-refractivity contribution in [1.29, 1.82) is 0 Å². The molecule has 0 saturated heterocycles. The second-order valence-corrected chi connectivity index (χ2v) is 3.86. The van der Waals surface area contributed by atoms with Crippen molar-refractivity contribution in [1.82, 2.24) is 4.90 Å². The Morgan fingerprint density at radius 2 is 2.12 bits per heavy atom. The molecule has 0 amide bonds. The highest BCUT2D eigenvalue weighted by Crippen LogP contribution is 2.27. The van der Waals surface area contributed by atoms with Crippen molar-refractivity contribution >= 4 is 23.1 Å². The van der Waals surface area contributed by atoms with Gasteiger partial charge in [-0.2, -0.15) is 0 Å². The van der Waals surface area contributed by atoms with E-state index in [1.807, 2.05) is 14.1 Å². The van der Waals surface area contributed by atoms with Crippen LogP contribution in [-0.2, 0) is 0 Å². The van der Waals surface area contributed by atoms with Crippen LogP contribution in [0, 0.1) is 18.2 Å². The lowest BCUT2D eigenvalue weighted by atomic mass is 10.2. The Bertz CT molecular complexity index is 473. The van der Waals surface area contributed by atoms with Gasteiger partial charge in [-0.05, 0) is 19.1 Å². The topological polar surface area (TPSA) is 15.6 Å². The lowest BCUT2D eigenvalue weighted by Crippen LogP contribution is -2.17. The van der Waals surface area contributed by atoms with Crippen LogP contribution in [0.4, 0.5) is 10.1 Å². The first-order chi connectivity index (χ1) is 7.47. The highest BCUT2D eigenvalue weighted by Gasteiger charge is 2.10. The van der Waals surface area contributed by atoms with Crippen LogP contribution in [0.25, 0.3) is 0 Å². The van der Waals surface area contributed by atoms with E-state index < -0.39 is 5.82 Å². The number of aliphatic imine (C=N–C) groups is 1. The molecule has 0 saturated carbocycles. The van der Waals surface area contributed by atoms with Crippen LogP contribution in [-0.4, -0.2) is 24.8 Å². The lowest BCUT2D eigenvalue weighted by molar-refractivity contribution is 0.610. The van der Waals surface area contributed by atoms with E-state index in [4.69, 9.17) is 18.0 Å². The summed E-state index contributed by atoms with van der Waals surface area (Å²) in [5, 5.41) is 0.224. The summed E-state index contributed by atoms with van der Waals surface area (Å²) in [6, 6.07) is 3.05. The zero-order valence-electron chi connectivity index (χ0n) is 9.38. The quantitative estimate of drug-likeness (QED) is 0.417. The summed E-state index contributed by atoms with van der Waals surface area (Å²) in [5.41, 5.74) is 0.248. The summed E-state index contributed by atoms with van der Waals surface area (Å²) in [6.07, 6.45) is 5.18. The van der Waals surface area contributed by atoms with Gasteiger partial charge >= 0.3 is 0 Å². The lowest BCUT2D eigenvalue weighted by Gasteiger charge is -2.11. The molecule has 0 aliphatic heterocycles. The Balaban J connectivity index is 3.29. The van der Waals surface area contributed by atoms with Gasteiger partial charge in [0.25, 0.3) is 0 Å². The third-order valence-corrected chi connectivity index (χ3v) is 2.46. The van der Waals surface area contributed by atoms with E-state index in [0.717, 1.165) is 0 Å². The molecule has 0 aliphatic carbocycles. The molecule has 1 aromatic rings. The molecule has 0 fully saturated rings. The monoisotopic (exact) mass is 238 g/mol. The second kappa shape index (κ2) is 5.00. The number of halogens is 2. The minimum absolute atomic E-state index is 0.0504. The van der Waals surface area contributed by atoms with Crippen molar-refractivity contribution in [2.75, 3.05) is 14.1 Å². The molecule has 16 heavy (non-hydrogen) atoms. The molecule has 0 atom stereocenters. The summed E-state index contributed by atoms with van der Waals surface area (Å²) in [6.45, 7) is 1.78. The Labute approximate surface area is 99.7 Å². The van der Waals surface area contributed by atoms with Crippen LogP contribution < -0.4 is 0 Å². The van der Waals surface area contributed by atoms with Crippen molar-refractivity contribution in [2.45, 2.75) is 6.92 Å². The Kier molecular flexibility index (Phi) is 3.92. The second-order valence-electron chi connectivity index (χ2n) is 3.45. The van der Waals surface area contributed by atoms with E-state index >= 15 is 0 Å². The first-order valence-electron chi connectivity index (χ1n) is 4.64. The molecule has 1 rings (SSSR count).